The van der Waals surface area contributed by atoms with Crippen molar-refractivity contribution in [2.75, 3.05) is 10.6 Å². The van der Waals surface area contributed by atoms with Gasteiger partial charge >= 0.3 is 0 Å². The highest BCUT2D eigenvalue weighted by molar-refractivity contribution is 5.59. The van der Waals surface area contributed by atoms with Gasteiger partial charge in [-0.2, -0.15) is 0 Å². The monoisotopic (exact) mass is 274 g/mol. The minimum atomic E-state index is -0.295. The Morgan fingerprint density at radius 3 is 2.60 bits per heavy atom. The van der Waals surface area contributed by atoms with Crippen molar-refractivity contribution >= 4 is 11.4 Å². The van der Waals surface area contributed by atoms with Gasteiger partial charge in [-0.15, -0.1) is 0 Å². The van der Waals surface area contributed by atoms with Gasteiger partial charge in [-0.3, -0.25) is 0 Å². The predicted molar refractivity (Wildman–Crippen MR) is 76.9 cm³/mol. The first-order chi connectivity index (χ1) is 9.65. The van der Waals surface area contributed by atoms with Crippen molar-refractivity contribution in [2.45, 2.75) is 25.4 Å². The Balaban J connectivity index is 1.96. The zero-order chi connectivity index (χ0) is 14.1. The van der Waals surface area contributed by atoms with Gasteiger partial charge in [0, 0.05) is 11.6 Å². The second kappa shape index (κ2) is 5.12. The van der Waals surface area contributed by atoms with E-state index in [1.807, 2.05) is 13.0 Å². The van der Waals surface area contributed by atoms with E-state index in [1.54, 1.807) is 24.3 Å². The van der Waals surface area contributed by atoms with Gasteiger partial charge in [-0.1, -0.05) is 24.3 Å². The Hall–Kier alpha value is -2.10. The molecule has 0 spiro atoms. The van der Waals surface area contributed by atoms with Crippen LogP contribution in [0.5, 0.6) is 0 Å². The normalized spacial score (nSPS) is 20.9. The highest BCUT2D eigenvalue weighted by Crippen LogP contribution is 2.36. The van der Waals surface area contributed by atoms with E-state index in [0.717, 1.165) is 12.0 Å². The molecule has 0 aliphatic carbocycles. The molecule has 0 amide bonds. The summed E-state index contributed by atoms with van der Waals surface area (Å²) in [5.41, 5.74) is 1.80. The fourth-order valence-corrected chi connectivity index (χ4v) is 2.67. The molecule has 0 radical (unpaired) electrons. The minimum Gasteiger partial charge on any atom is -0.380 e. The summed E-state index contributed by atoms with van der Waals surface area (Å²) in [7, 11) is 0. The van der Waals surface area contributed by atoms with Gasteiger partial charge in [0.15, 0.2) is 0 Å². The van der Waals surface area contributed by atoms with E-state index in [1.165, 1.54) is 12.1 Å². The lowest BCUT2D eigenvalue weighted by Crippen LogP contribution is -2.29. The molecule has 0 fully saturated rings. The van der Waals surface area contributed by atoms with Crippen molar-refractivity contribution in [3.63, 3.8) is 0 Å². The zero-order valence-electron chi connectivity index (χ0n) is 11.2. The number of nitrogens with one attached hydrogen (secondary N) is 2. The van der Waals surface area contributed by atoms with Gasteiger partial charge < -0.3 is 10.6 Å². The van der Waals surface area contributed by atoms with Crippen molar-refractivity contribution in [1.29, 1.82) is 0 Å². The van der Waals surface area contributed by atoms with Crippen LogP contribution in [-0.2, 0) is 0 Å². The zero-order valence-corrected chi connectivity index (χ0v) is 11.2. The molecule has 3 rings (SSSR count). The van der Waals surface area contributed by atoms with Gasteiger partial charge in [0.25, 0.3) is 0 Å². The number of halogens is 2. The molecule has 0 aromatic heterocycles. The Morgan fingerprint density at radius 1 is 1.05 bits per heavy atom. The standard InChI is InChI=1S/C16H16F2N2/c1-10-9-15(20-14-8-3-2-6-12(14)17)11-5-4-7-13(18)16(11)19-10/h2-8,10,15,19-20H,9H2,1H3. The van der Waals surface area contributed by atoms with Crippen LogP contribution < -0.4 is 10.6 Å². The molecule has 2 aromatic carbocycles. The van der Waals surface area contributed by atoms with Gasteiger partial charge in [-0.25, -0.2) is 8.78 Å². The average molecular weight is 274 g/mol. The molecule has 0 bridgehead atoms. The molecule has 2 atom stereocenters. The number of hydrogen-bond donors (Lipinski definition) is 2. The Kier molecular flexibility index (Phi) is 3.30. The molecule has 1 aliphatic heterocycles. The van der Waals surface area contributed by atoms with E-state index >= 15 is 0 Å². The second-order valence-corrected chi connectivity index (χ2v) is 5.16. The van der Waals surface area contributed by atoms with Crippen LogP contribution >= 0.6 is 0 Å². The van der Waals surface area contributed by atoms with Crippen LogP contribution in [0.15, 0.2) is 42.5 Å². The van der Waals surface area contributed by atoms with Crippen LogP contribution in [0.4, 0.5) is 20.2 Å². The second-order valence-electron chi connectivity index (χ2n) is 5.16. The molecule has 2 nitrogen and oxygen atoms in total. The van der Waals surface area contributed by atoms with Crippen molar-refractivity contribution in [3.8, 4) is 0 Å². The molecule has 0 saturated carbocycles. The van der Waals surface area contributed by atoms with Gasteiger partial charge in [0.1, 0.15) is 11.6 Å². The molecule has 1 aliphatic rings. The molecular formula is C16H16F2N2. The molecule has 20 heavy (non-hydrogen) atoms. The maximum atomic E-state index is 13.9. The highest BCUT2D eigenvalue weighted by Gasteiger charge is 2.26. The quantitative estimate of drug-likeness (QED) is 0.852. The summed E-state index contributed by atoms with van der Waals surface area (Å²) in [6.45, 7) is 1.99. The lowest BCUT2D eigenvalue weighted by Gasteiger charge is -2.32. The maximum Gasteiger partial charge on any atom is 0.146 e. The van der Waals surface area contributed by atoms with E-state index in [4.69, 9.17) is 0 Å². The third-order valence-corrected chi connectivity index (χ3v) is 3.60. The first-order valence-corrected chi connectivity index (χ1v) is 6.71. The number of benzene rings is 2. The lowest BCUT2D eigenvalue weighted by molar-refractivity contribution is 0.564. The Bertz CT molecular complexity index is 628. The maximum absolute atomic E-state index is 13.9. The molecule has 0 saturated heterocycles. The number of anilines is 2. The molecular weight excluding hydrogens is 258 g/mol. The van der Waals surface area contributed by atoms with Crippen molar-refractivity contribution in [1.82, 2.24) is 0 Å². The molecule has 2 unspecified atom stereocenters. The summed E-state index contributed by atoms with van der Waals surface area (Å²) < 4.78 is 27.6. The topological polar surface area (TPSA) is 24.1 Å². The minimum absolute atomic E-state index is 0.103. The molecule has 4 heteroatoms. The summed E-state index contributed by atoms with van der Waals surface area (Å²) in [6, 6.07) is 11.6. The fraction of sp³-hybridized carbons (Fsp3) is 0.250. The first-order valence-electron chi connectivity index (χ1n) is 6.71. The molecule has 2 N–H and O–H groups in total. The van der Waals surface area contributed by atoms with Gasteiger partial charge in [-0.05, 0) is 31.5 Å². The summed E-state index contributed by atoms with van der Waals surface area (Å²) >= 11 is 0. The summed E-state index contributed by atoms with van der Waals surface area (Å²) in [4.78, 5) is 0. The van der Waals surface area contributed by atoms with Crippen LogP contribution in [0.3, 0.4) is 0 Å². The lowest BCUT2D eigenvalue weighted by atomic mass is 9.93. The average Bonchev–Trinajstić information content (AvgIpc) is 2.42. The Labute approximate surface area is 116 Å². The number of para-hydroxylation sites is 2. The van der Waals surface area contributed by atoms with Crippen LogP contribution in [0.1, 0.15) is 24.9 Å². The third-order valence-electron chi connectivity index (χ3n) is 3.60. The molecule has 2 aromatic rings. The largest absolute Gasteiger partial charge is 0.380 e. The number of hydrogen-bond acceptors (Lipinski definition) is 2. The van der Waals surface area contributed by atoms with Crippen LogP contribution in [0.2, 0.25) is 0 Å². The van der Waals surface area contributed by atoms with E-state index in [-0.39, 0.29) is 23.7 Å². The predicted octanol–water partition coefficient (Wildman–Crippen LogP) is 4.32. The smallest absolute Gasteiger partial charge is 0.146 e. The SMILES string of the molecule is CC1CC(Nc2ccccc2F)c2cccc(F)c2N1. The number of fused-ring (bicyclic) bond motifs is 1. The van der Waals surface area contributed by atoms with Crippen molar-refractivity contribution in [3.05, 3.63) is 59.7 Å². The van der Waals surface area contributed by atoms with Crippen LogP contribution in [0, 0.1) is 11.6 Å². The van der Waals surface area contributed by atoms with Crippen LogP contribution in [0.25, 0.3) is 0 Å². The fourth-order valence-electron chi connectivity index (χ4n) is 2.67. The number of rotatable bonds is 2. The summed E-state index contributed by atoms with van der Waals surface area (Å²) in [5.74, 6) is -0.564. The highest BCUT2D eigenvalue weighted by atomic mass is 19.1. The molecule has 1 heterocycles. The summed E-state index contributed by atoms with van der Waals surface area (Å²) in [5, 5.41) is 6.33. The van der Waals surface area contributed by atoms with E-state index in [0.29, 0.717) is 11.4 Å². The van der Waals surface area contributed by atoms with Crippen molar-refractivity contribution < 1.29 is 8.78 Å². The summed E-state index contributed by atoms with van der Waals surface area (Å²) in [6.07, 6.45) is 0.769. The molecule has 104 valence electrons. The Morgan fingerprint density at radius 2 is 1.80 bits per heavy atom. The third kappa shape index (κ3) is 2.33. The van der Waals surface area contributed by atoms with Crippen LogP contribution in [-0.4, -0.2) is 6.04 Å². The van der Waals surface area contributed by atoms with E-state index in [9.17, 15) is 8.78 Å². The van der Waals surface area contributed by atoms with E-state index in [2.05, 4.69) is 10.6 Å². The van der Waals surface area contributed by atoms with Gasteiger partial charge in [0.05, 0.1) is 17.4 Å². The first kappa shape index (κ1) is 12.9. The van der Waals surface area contributed by atoms with E-state index < -0.39 is 0 Å². The van der Waals surface area contributed by atoms with Gasteiger partial charge in [0.2, 0.25) is 0 Å². The van der Waals surface area contributed by atoms with Crippen molar-refractivity contribution in [2.24, 2.45) is 0 Å².